The zero-order valence-electron chi connectivity index (χ0n) is 13.7. The van der Waals surface area contributed by atoms with Crippen LogP contribution in [-0.4, -0.2) is 47.5 Å². The number of anilines is 1. The number of aromatic nitrogens is 2. The van der Waals surface area contributed by atoms with Gasteiger partial charge in [-0.2, -0.15) is 0 Å². The molecular formula is C17H20ClN5O. The number of nitrogens with one attached hydrogen (secondary N) is 2. The van der Waals surface area contributed by atoms with Crippen LogP contribution in [0, 0.1) is 6.92 Å². The second kappa shape index (κ2) is 7.15. The van der Waals surface area contributed by atoms with Gasteiger partial charge >= 0.3 is 0 Å². The molecule has 1 aliphatic rings. The summed E-state index contributed by atoms with van der Waals surface area (Å²) < 4.78 is 0. The number of carbonyl (C=O) groups excluding carboxylic acids is 1. The Balaban J connectivity index is 1.93. The first-order valence-electron chi connectivity index (χ1n) is 7.89. The summed E-state index contributed by atoms with van der Waals surface area (Å²) in [6.45, 7) is 3.92. The second-order valence-corrected chi connectivity index (χ2v) is 6.18. The second-order valence-electron chi connectivity index (χ2n) is 5.74. The number of nitrogens with zero attached hydrogens (tertiary/aromatic N) is 3. The van der Waals surface area contributed by atoms with Gasteiger partial charge < -0.3 is 15.5 Å². The largest absolute Gasteiger partial charge is 0.357 e. The number of amides is 1. The quantitative estimate of drug-likeness (QED) is 0.893. The molecular weight excluding hydrogens is 326 g/mol. The smallest absolute Gasteiger partial charge is 0.273 e. The lowest BCUT2D eigenvalue weighted by Crippen LogP contribution is -2.49. The first-order chi connectivity index (χ1) is 11.6. The van der Waals surface area contributed by atoms with Crippen molar-refractivity contribution in [2.75, 3.05) is 32.0 Å². The molecule has 0 saturated carbocycles. The maximum atomic E-state index is 13.0. The summed E-state index contributed by atoms with van der Waals surface area (Å²) in [4.78, 5) is 23.4. The fraction of sp³-hybridized carbons (Fsp3) is 0.353. The number of hydrogen-bond acceptors (Lipinski definition) is 5. The molecule has 2 aromatic rings. The molecule has 7 heteroatoms. The topological polar surface area (TPSA) is 70.2 Å². The highest BCUT2D eigenvalue weighted by Crippen LogP contribution is 2.26. The predicted octanol–water partition coefficient (Wildman–Crippen LogP) is 2.27. The first-order valence-corrected chi connectivity index (χ1v) is 8.27. The first kappa shape index (κ1) is 16.7. The highest BCUT2D eigenvalue weighted by molar-refractivity contribution is 6.30. The van der Waals surface area contributed by atoms with Crippen LogP contribution in [0.5, 0.6) is 0 Å². The van der Waals surface area contributed by atoms with E-state index in [0.29, 0.717) is 29.8 Å². The zero-order valence-corrected chi connectivity index (χ0v) is 14.5. The molecule has 1 aliphatic heterocycles. The Labute approximate surface area is 146 Å². The molecule has 0 bridgehead atoms. The van der Waals surface area contributed by atoms with Gasteiger partial charge in [-0.3, -0.25) is 4.79 Å². The fourth-order valence-corrected chi connectivity index (χ4v) is 3.09. The number of hydrogen-bond donors (Lipinski definition) is 2. The van der Waals surface area contributed by atoms with Crippen LogP contribution in [-0.2, 0) is 0 Å². The van der Waals surface area contributed by atoms with Gasteiger partial charge in [-0.1, -0.05) is 23.7 Å². The minimum absolute atomic E-state index is 0.0711. The van der Waals surface area contributed by atoms with Crippen molar-refractivity contribution in [3.05, 3.63) is 52.3 Å². The highest BCUT2D eigenvalue weighted by atomic mass is 35.5. The van der Waals surface area contributed by atoms with Gasteiger partial charge in [0.2, 0.25) is 5.95 Å². The van der Waals surface area contributed by atoms with E-state index in [1.807, 2.05) is 36.1 Å². The van der Waals surface area contributed by atoms with Crippen molar-refractivity contribution >= 4 is 23.5 Å². The van der Waals surface area contributed by atoms with E-state index in [4.69, 9.17) is 11.6 Å². The molecule has 24 heavy (non-hydrogen) atoms. The molecule has 1 amide bonds. The molecule has 0 radical (unpaired) electrons. The van der Waals surface area contributed by atoms with Crippen molar-refractivity contribution in [2.45, 2.75) is 13.0 Å². The van der Waals surface area contributed by atoms with Gasteiger partial charge in [0.1, 0.15) is 5.69 Å². The molecule has 6 nitrogen and oxygen atoms in total. The third kappa shape index (κ3) is 3.49. The van der Waals surface area contributed by atoms with E-state index in [0.717, 1.165) is 17.8 Å². The Morgan fingerprint density at radius 2 is 2.21 bits per heavy atom. The normalized spacial score (nSPS) is 17.6. The van der Waals surface area contributed by atoms with Crippen LogP contribution in [0.15, 0.2) is 30.3 Å². The van der Waals surface area contributed by atoms with Crippen LogP contribution in [0.25, 0.3) is 0 Å². The Morgan fingerprint density at radius 1 is 1.38 bits per heavy atom. The standard InChI is InChI=1S/C17H20ClN5O/c1-11-8-14(22-17(19-2)21-11)16(24)23-7-6-20-10-15(23)12-4-3-5-13(18)9-12/h3-5,8-9,15,20H,6-7,10H2,1-2H3,(H,19,21,22). The molecule has 2 N–H and O–H groups in total. The molecule has 3 rings (SSSR count). The summed E-state index contributed by atoms with van der Waals surface area (Å²) in [6.07, 6.45) is 0. The minimum atomic E-state index is -0.0940. The molecule has 1 saturated heterocycles. The molecule has 0 spiro atoms. The van der Waals surface area contributed by atoms with Crippen molar-refractivity contribution in [1.29, 1.82) is 0 Å². The Morgan fingerprint density at radius 3 is 2.96 bits per heavy atom. The average Bonchev–Trinajstić information content (AvgIpc) is 2.60. The van der Waals surface area contributed by atoms with Gasteiger partial charge in [0.05, 0.1) is 6.04 Å². The lowest BCUT2D eigenvalue weighted by atomic mass is 10.0. The SMILES string of the molecule is CNc1nc(C)cc(C(=O)N2CCNCC2c2cccc(Cl)c2)n1. The maximum absolute atomic E-state index is 13.0. The van der Waals surface area contributed by atoms with Gasteiger partial charge in [0.15, 0.2) is 0 Å². The zero-order chi connectivity index (χ0) is 17.1. The fourth-order valence-electron chi connectivity index (χ4n) is 2.90. The third-order valence-corrected chi connectivity index (χ3v) is 4.27. The van der Waals surface area contributed by atoms with Crippen LogP contribution in [0.3, 0.4) is 0 Å². The minimum Gasteiger partial charge on any atom is -0.357 e. The van der Waals surface area contributed by atoms with E-state index >= 15 is 0 Å². The van der Waals surface area contributed by atoms with Crippen molar-refractivity contribution in [3.8, 4) is 0 Å². The van der Waals surface area contributed by atoms with E-state index in [2.05, 4.69) is 20.6 Å². The molecule has 1 aromatic carbocycles. The molecule has 1 aromatic heterocycles. The molecule has 126 valence electrons. The van der Waals surface area contributed by atoms with Crippen molar-refractivity contribution in [3.63, 3.8) is 0 Å². The number of halogens is 1. The van der Waals surface area contributed by atoms with Crippen molar-refractivity contribution in [2.24, 2.45) is 0 Å². The van der Waals surface area contributed by atoms with Crippen LogP contribution in [0.4, 0.5) is 5.95 Å². The van der Waals surface area contributed by atoms with Gasteiger partial charge in [-0.05, 0) is 30.7 Å². The highest BCUT2D eigenvalue weighted by Gasteiger charge is 2.29. The Kier molecular flexibility index (Phi) is 4.97. The lowest BCUT2D eigenvalue weighted by Gasteiger charge is -2.36. The molecule has 2 heterocycles. The summed E-state index contributed by atoms with van der Waals surface area (Å²) in [5.74, 6) is 0.358. The van der Waals surface area contributed by atoms with Gasteiger partial charge in [-0.15, -0.1) is 0 Å². The lowest BCUT2D eigenvalue weighted by molar-refractivity contribution is 0.0628. The van der Waals surface area contributed by atoms with Gasteiger partial charge in [-0.25, -0.2) is 9.97 Å². The van der Waals surface area contributed by atoms with Gasteiger partial charge in [0.25, 0.3) is 5.91 Å². The number of rotatable bonds is 3. The molecule has 1 fully saturated rings. The summed E-state index contributed by atoms with van der Waals surface area (Å²) >= 11 is 6.12. The van der Waals surface area contributed by atoms with E-state index in [-0.39, 0.29) is 11.9 Å². The number of benzene rings is 1. The number of piperazine rings is 1. The van der Waals surface area contributed by atoms with E-state index in [1.165, 1.54) is 0 Å². The summed E-state index contributed by atoms with van der Waals surface area (Å²) in [5.41, 5.74) is 2.18. The number of carbonyl (C=O) groups is 1. The van der Waals surface area contributed by atoms with Crippen molar-refractivity contribution < 1.29 is 4.79 Å². The maximum Gasteiger partial charge on any atom is 0.273 e. The predicted molar refractivity (Wildman–Crippen MR) is 94.4 cm³/mol. The monoisotopic (exact) mass is 345 g/mol. The van der Waals surface area contributed by atoms with Crippen LogP contribution in [0.1, 0.15) is 27.8 Å². The average molecular weight is 346 g/mol. The molecule has 1 atom stereocenters. The third-order valence-electron chi connectivity index (χ3n) is 4.03. The van der Waals surface area contributed by atoms with Crippen LogP contribution >= 0.6 is 11.6 Å². The Hall–Kier alpha value is -2.18. The molecule has 1 unspecified atom stereocenters. The van der Waals surface area contributed by atoms with E-state index < -0.39 is 0 Å². The number of aryl methyl sites for hydroxylation is 1. The van der Waals surface area contributed by atoms with Crippen molar-refractivity contribution in [1.82, 2.24) is 20.2 Å². The van der Waals surface area contributed by atoms with Gasteiger partial charge in [0, 0.05) is 37.4 Å². The van der Waals surface area contributed by atoms with Crippen LogP contribution < -0.4 is 10.6 Å². The van der Waals surface area contributed by atoms with E-state index in [9.17, 15) is 4.79 Å². The summed E-state index contributed by atoms with van der Waals surface area (Å²) in [6, 6.07) is 9.29. The summed E-state index contributed by atoms with van der Waals surface area (Å²) in [7, 11) is 1.74. The summed E-state index contributed by atoms with van der Waals surface area (Å²) in [5, 5.41) is 6.90. The van der Waals surface area contributed by atoms with E-state index in [1.54, 1.807) is 13.1 Å². The Bertz CT molecular complexity index is 752. The van der Waals surface area contributed by atoms with Crippen LogP contribution in [0.2, 0.25) is 5.02 Å². The molecule has 0 aliphatic carbocycles.